The fraction of sp³-hybridized carbons (Fsp3) is 0.647. The molecule has 1 aromatic heterocycles. The highest BCUT2D eigenvalue weighted by Crippen LogP contribution is 2.37. The van der Waals surface area contributed by atoms with Gasteiger partial charge < -0.3 is 19.5 Å². The lowest BCUT2D eigenvalue weighted by atomic mass is 9.92. The van der Waals surface area contributed by atoms with Crippen LogP contribution in [-0.4, -0.2) is 46.4 Å². The van der Waals surface area contributed by atoms with E-state index in [1.54, 1.807) is 11.1 Å². The van der Waals surface area contributed by atoms with Gasteiger partial charge in [-0.3, -0.25) is 0 Å². The van der Waals surface area contributed by atoms with Gasteiger partial charge in [-0.1, -0.05) is 6.58 Å². The number of thiazole rings is 1. The second-order valence-electron chi connectivity index (χ2n) is 6.88. The Bertz CT molecular complexity index is 598. The summed E-state index contributed by atoms with van der Waals surface area (Å²) in [6, 6.07) is 0. The molecular weight excluding hydrogens is 328 g/mol. The first kappa shape index (κ1) is 18.7. The summed E-state index contributed by atoms with van der Waals surface area (Å²) >= 11 is 1.39. The highest BCUT2D eigenvalue weighted by molar-refractivity contribution is 7.12. The molecule has 0 atom stereocenters. The number of likely N-dealkylation sites (tertiary alicyclic amines) is 1. The first-order valence-corrected chi connectivity index (χ1v) is 8.95. The molecule has 1 fully saturated rings. The smallest absolute Gasteiger partial charge is 0.410 e. The van der Waals surface area contributed by atoms with Crippen molar-refractivity contribution in [2.45, 2.75) is 51.7 Å². The number of aromatic nitrogens is 1. The molecule has 0 unspecified atom stereocenters. The lowest BCUT2D eigenvalue weighted by Crippen LogP contribution is -2.46. The van der Waals surface area contributed by atoms with Crippen LogP contribution in [0.15, 0.2) is 12.8 Å². The van der Waals surface area contributed by atoms with E-state index < -0.39 is 11.2 Å². The van der Waals surface area contributed by atoms with Crippen molar-refractivity contribution in [1.82, 2.24) is 9.88 Å². The van der Waals surface area contributed by atoms with Gasteiger partial charge in [0, 0.05) is 32.1 Å². The number of aliphatic hydroxyl groups is 1. The Kier molecular flexibility index (Phi) is 5.55. The van der Waals surface area contributed by atoms with E-state index in [4.69, 9.17) is 9.47 Å². The van der Waals surface area contributed by atoms with Crippen molar-refractivity contribution >= 4 is 23.2 Å². The third kappa shape index (κ3) is 4.48. The van der Waals surface area contributed by atoms with Gasteiger partial charge in [-0.25, -0.2) is 9.78 Å². The predicted molar refractivity (Wildman–Crippen MR) is 93.7 cm³/mol. The Balaban J connectivity index is 1.99. The number of amides is 1. The molecule has 0 aliphatic carbocycles. The van der Waals surface area contributed by atoms with Crippen LogP contribution in [0.2, 0.25) is 0 Å². The first-order valence-electron chi connectivity index (χ1n) is 8.13. The van der Waals surface area contributed by atoms with Gasteiger partial charge in [0.1, 0.15) is 22.0 Å². The molecule has 1 aliphatic heterocycles. The SMILES string of the molecule is C=C(OCC)c1cnc(C2(O)CCN(C(=O)OC(C)(C)C)CC2)s1. The molecule has 1 aliphatic rings. The molecule has 24 heavy (non-hydrogen) atoms. The van der Waals surface area contributed by atoms with Gasteiger partial charge in [-0.15, -0.1) is 11.3 Å². The number of nitrogens with zero attached hydrogens (tertiary/aromatic N) is 2. The van der Waals surface area contributed by atoms with E-state index in [0.717, 1.165) is 4.88 Å². The molecule has 2 rings (SSSR count). The van der Waals surface area contributed by atoms with Crippen molar-refractivity contribution < 1.29 is 19.4 Å². The monoisotopic (exact) mass is 354 g/mol. The van der Waals surface area contributed by atoms with Crippen molar-refractivity contribution in [3.63, 3.8) is 0 Å². The molecule has 1 saturated heterocycles. The molecule has 0 bridgehead atoms. The van der Waals surface area contributed by atoms with Crippen LogP contribution < -0.4 is 0 Å². The molecule has 6 nitrogen and oxygen atoms in total. The Morgan fingerprint density at radius 1 is 1.46 bits per heavy atom. The van der Waals surface area contributed by atoms with E-state index in [9.17, 15) is 9.90 Å². The lowest BCUT2D eigenvalue weighted by molar-refractivity contribution is -0.0357. The summed E-state index contributed by atoms with van der Waals surface area (Å²) in [6.07, 6.45) is 2.20. The zero-order chi connectivity index (χ0) is 18.0. The van der Waals surface area contributed by atoms with Gasteiger partial charge in [0.25, 0.3) is 0 Å². The average molecular weight is 354 g/mol. The molecule has 1 amide bonds. The van der Waals surface area contributed by atoms with Crippen molar-refractivity contribution in [3.05, 3.63) is 22.7 Å². The maximum absolute atomic E-state index is 12.1. The van der Waals surface area contributed by atoms with Crippen LogP contribution in [0.25, 0.3) is 5.76 Å². The van der Waals surface area contributed by atoms with E-state index in [1.807, 2.05) is 27.7 Å². The number of carbonyl (C=O) groups is 1. The molecule has 0 saturated carbocycles. The minimum Gasteiger partial charge on any atom is -0.493 e. The molecule has 1 N–H and O–H groups in total. The van der Waals surface area contributed by atoms with Crippen LogP contribution in [0.5, 0.6) is 0 Å². The zero-order valence-corrected chi connectivity index (χ0v) is 15.6. The maximum atomic E-state index is 12.1. The largest absolute Gasteiger partial charge is 0.493 e. The number of carbonyl (C=O) groups excluding carboxylic acids is 1. The fourth-order valence-electron chi connectivity index (χ4n) is 2.46. The quantitative estimate of drug-likeness (QED) is 0.840. The molecule has 0 radical (unpaired) electrons. The van der Waals surface area contributed by atoms with E-state index in [-0.39, 0.29) is 6.09 Å². The Morgan fingerprint density at radius 3 is 2.62 bits per heavy atom. The number of piperidine rings is 1. The second-order valence-corrected chi connectivity index (χ2v) is 7.92. The summed E-state index contributed by atoms with van der Waals surface area (Å²) in [5.41, 5.74) is -1.54. The lowest BCUT2D eigenvalue weighted by Gasteiger charge is -2.37. The second kappa shape index (κ2) is 7.11. The van der Waals surface area contributed by atoms with Gasteiger partial charge in [0.15, 0.2) is 0 Å². The number of hydrogen-bond acceptors (Lipinski definition) is 6. The number of ether oxygens (including phenoxy) is 2. The summed E-state index contributed by atoms with van der Waals surface area (Å²) in [5.74, 6) is 0.566. The van der Waals surface area contributed by atoms with Crippen molar-refractivity contribution in [1.29, 1.82) is 0 Å². The standard InChI is InChI=1S/C17H26N2O4S/c1-6-22-12(2)13-11-18-14(24-13)17(21)7-9-19(10-8-17)15(20)23-16(3,4)5/h11,21H,2,6-10H2,1,3-5H3. The first-order chi connectivity index (χ1) is 11.1. The topological polar surface area (TPSA) is 71.9 Å². The molecule has 7 heteroatoms. The summed E-state index contributed by atoms with van der Waals surface area (Å²) in [6.45, 7) is 12.7. The van der Waals surface area contributed by atoms with Crippen LogP contribution in [0.1, 0.15) is 50.4 Å². The van der Waals surface area contributed by atoms with E-state index in [0.29, 0.717) is 43.3 Å². The Hall–Kier alpha value is -1.60. The third-order valence-corrected chi connectivity index (χ3v) is 4.97. The zero-order valence-electron chi connectivity index (χ0n) is 14.8. The highest BCUT2D eigenvalue weighted by atomic mass is 32.1. The summed E-state index contributed by atoms with van der Waals surface area (Å²) in [7, 11) is 0. The van der Waals surface area contributed by atoms with Crippen LogP contribution in [-0.2, 0) is 15.1 Å². The molecule has 1 aromatic rings. The van der Waals surface area contributed by atoms with Gasteiger partial charge >= 0.3 is 6.09 Å². The van der Waals surface area contributed by atoms with Crippen LogP contribution in [0, 0.1) is 0 Å². The minimum absolute atomic E-state index is 0.339. The molecular formula is C17H26N2O4S. The van der Waals surface area contributed by atoms with Gasteiger partial charge in [-0.2, -0.15) is 0 Å². The van der Waals surface area contributed by atoms with Crippen LogP contribution in [0.4, 0.5) is 4.79 Å². The number of rotatable bonds is 4. The van der Waals surface area contributed by atoms with Gasteiger partial charge in [0.05, 0.1) is 11.5 Å². The van der Waals surface area contributed by atoms with E-state index >= 15 is 0 Å². The fourth-order valence-corrected chi connectivity index (χ4v) is 3.45. The molecule has 134 valence electrons. The van der Waals surface area contributed by atoms with Crippen LogP contribution >= 0.6 is 11.3 Å². The van der Waals surface area contributed by atoms with E-state index in [2.05, 4.69) is 11.6 Å². The maximum Gasteiger partial charge on any atom is 0.410 e. The normalized spacial score (nSPS) is 17.5. The van der Waals surface area contributed by atoms with Crippen LogP contribution in [0.3, 0.4) is 0 Å². The van der Waals surface area contributed by atoms with Crippen molar-refractivity contribution in [2.24, 2.45) is 0 Å². The van der Waals surface area contributed by atoms with E-state index in [1.165, 1.54) is 11.3 Å². The Morgan fingerprint density at radius 2 is 2.08 bits per heavy atom. The Labute approximate surface area is 147 Å². The highest BCUT2D eigenvalue weighted by Gasteiger charge is 2.39. The summed E-state index contributed by atoms with van der Waals surface area (Å²) < 4.78 is 10.8. The predicted octanol–water partition coefficient (Wildman–Crippen LogP) is 3.37. The summed E-state index contributed by atoms with van der Waals surface area (Å²) in [5, 5.41) is 11.5. The van der Waals surface area contributed by atoms with Crippen molar-refractivity contribution in [2.75, 3.05) is 19.7 Å². The third-order valence-electron chi connectivity index (χ3n) is 3.74. The summed E-state index contributed by atoms with van der Waals surface area (Å²) in [4.78, 5) is 18.9. The number of hydrogen-bond donors (Lipinski definition) is 1. The molecule has 0 aromatic carbocycles. The van der Waals surface area contributed by atoms with Gasteiger partial charge in [-0.05, 0) is 27.7 Å². The van der Waals surface area contributed by atoms with Gasteiger partial charge in [0.2, 0.25) is 0 Å². The molecule has 0 spiro atoms. The average Bonchev–Trinajstić information content (AvgIpc) is 2.97. The molecule has 2 heterocycles. The van der Waals surface area contributed by atoms with Crippen molar-refractivity contribution in [3.8, 4) is 0 Å². The minimum atomic E-state index is -1.02.